The van der Waals surface area contributed by atoms with Crippen LogP contribution in [0.3, 0.4) is 0 Å². The smallest absolute Gasteiger partial charge is 0.343 e. The van der Waals surface area contributed by atoms with Crippen molar-refractivity contribution in [2.75, 3.05) is 13.2 Å². The average molecular weight is 198 g/mol. The van der Waals surface area contributed by atoms with Crippen LogP contribution in [0.25, 0.3) is 0 Å². The molecule has 0 aliphatic carbocycles. The molecule has 1 saturated heterocycles. The zero-order chi connectivity index (χ0) is 10.6. The van der Waals surface area contributed by atoms with Crippen molar-refractivity contribution >= 4 is 11.9 Å². The van der Waals surface area contributed by atoms with Gasteiger partial charge in [0.1, 0.15) is 0 Å². The number of carbonyl (C=O) groups is 2. The Balaban J connectivity index is 2.41. The molecule has 6 nitrogen and oxygen atoms in total. The van der Waals surface area contributed by atoms with Gasteiger partial charge in [0.25, 0.3) is 5.91 Å². The zero-order valence-electron chi connectivity index (χ0n) is 7.65. The second kappa shape index (κ2) is 4.58. The Kier molecular flexibility index (Phi) is 3.42. The van der Waals surface area contributed by atoms with Crippen LogP contribution in [0.4, 0.5) is 0 Å². The van der Waals surface area contributed by atoms with Crippen LogP contribution in [0.5, 0.6) is 0 Å². The lowest BCUT2D eigenvalue weighted by Crippen LogP contribution is -2.42. The Morgan fingerprint density at radius 3 is 2.86 bits per heavy atom. The van der Waals surface area contributed by atoms with Crippen LogP contribution in [0.15, 0.2) is 0 Å². The molecule has 0 bridgehead atoms. The third-order valence-corrected chi connectivity index (χ3v) is 1.56. The predicted molar refractivity (Wildman–Crippen MR) is 43.9 cm³/mol. The fourth-order valence-electron chi connectivity index (χ4n) is 0.804. The van der Waals surface area contributed by atoms with Gasteiger partial charge in [-0.1, -0.05) is 0 Å². The van der Waals surface area contributed by atoms with E-state index in [4.69, 9.17) is 5.26 Å². The first-order valence-corrected chi connectivity index (χ1v) is 4.17. The Morgan fingerprint density at radius 1 is 1.79 bits per heavy atom. The van der Waals surface area contributed by atoms with Crippen LogP contribution in [0.1, 0.15) is 6.92 Å². The molecule has 0 spiro atoms. The molecule has 0 aromatic heterocycles. The molecule has 1 unspecified atom stereocenters. The number of carbonyl (C=O) groups excluding carboxylic acids is 2. The molecule has 0 saturated carbocycles. The lowest BCUT2D eigenvalue weighted by molar-refractivity contribution is -0.145. The molecule has 6 heteroatoms. The number of ether oxygens (including phenoxy) is 2. The molecule has 0 radical (unpaired) electrons. The van der Waals surface area contributed by atoms with E-state index in [0.29, 0.717) is 6.61 Å². The predicted octanol–water partition coefficient (Wildman–Crippen LogP) is -1.04. The second-order valence-electron chi connectivity index (χ2n) is 2.64. The molecule has 1 rings (SSSR count). The first kappa shape index (κ1) is 10.5. The van der Waals surface area contributed by atoms with Gasteiger partial charge in [0.05, 0.1) is 19.3 Å². The van der Waals surface area contributed by atoms with Gasteiger partial charge in [-0.25, -0.2) is 4.79 Å². The van der Waals surface area contributed by atoms with Crippen molar-refractivity contribution in [3.8, 4) is 6.07 Å². The highest BCUT2D eigenvalue weighted by molar-refractivity contribution is 5.89. The molecule has 1 heterocycles. The molecule has 2 atom stereocenters. The van der Waals surface area contributed by atoms with Gasteiger partial charge in [0.2, 0.25) is 6.04 Å². The van der Waals surface area contributed by atoms with Crippen LogP contribution in [0.2, 0.25) is 0 Å². The maximum absolute atomic E-state index is 11.1. The van der Waals surface area contributed by atoms with Crippen LogP contribution in [0, 0.1) is 11.3 Å². The van der Waals surface area contributed by atoms with Crippen molar-refractivity contribution in [1.82, 2.24) is 5.32 Å². The summed E-state index contributed by atoms with van der Waals surface area (Å²) in [4.78, 5) is 22.1. The van der Waals surface area contributed by atoms with Gasteiger partial charge in [-0.05, 0) is 6.92 Å². The highest BCUT2D eigenvalue weighted by atomic mass is 16.6. The van der Waals surface area contributed by atoms with Gasteiger partial charge in [-0.2, -0.15) is 5.26 Å². The third kappa shape index (κ3) is 2.71. The Morgan fingerprint density at radius 2 is 2.43 bits per heavy atom. The van der Waals surface area contributed by atoms with E-state index in [1.165, 1.54) is 0 Å². The number of epoxide rings is 1. The van der Waals surface area contributed by atoms with E-state index < -0.39 is 24.0 Å². The van der Waals surface area contributed by atoms with E-state index in [-0.39, 0.29) is 6.61 Å². The number of hydrogen-bond donors (Lipinski definition) is 1. The van der Waals surface area contributed by atoms with Gasteiger partial charge in [0.15, 0.2) is 6.10 Å². The van der Waals surface area contributed by atoms with Crippen molar-refractivity contribution in [3.63, 3.8) is 0 Å². The lowest BCUT2D eigenvalue weighted by atomic mass is 10.3. The molecule has 1 amide bonds. The van der Waals surface area contributed by atoms with Crippen molar-refractivity contribution in [2.24, 2.45) is 0 Å². The van der Waals surface area contributed by atoms with Gasteiger partial charge in [-0.15, -0.1) is 0 Å². The summed E-state index contributed by atoms with van der Waals surface area (Å²) in [6.45, 7) is 2.14. The SMILES string of the molecule is CCOC(=O)C(C#N)NC(=O)[C@@H]1CO1. The van der Waals surface area contributed by atoms with Crippen molar-refractivity contribution in [3.05, 3.63) is 0 Å². The number of rotatable bonds is 4. The Bertz CT molecular complexity index is 280. The number of nitrogens with one attached hydrogen (secondary N) is 1. The van der Waals surface area contributed by atoms with Gasteiger partial charge >= 0.3 is 5.97 Å². The molecule has 0 aromatic carbocycles. The molecule has 1 aliphatic heterocycles. The van der Waals surface area contributed by atoms with Crippen LogP contribution >= 0.6 is 0 Å². The minimum absolute atomic E-state index is 0.173. The summed E-state index contributed by atoms with van der Waals surface area (Å²) in [6, 6.07) is 0.394. The van der Waals surface area contributed by atoms with E-state index in [1.54, 1.807) is 13.0 Å². The number of nitrogens with zero attached hydrogens (tertiary/aromatic N) is 1. The largest absolute Gasteiger partial charge is 0.464 e. The fraction of sp³-hybridized carbons (Fsp3) is 0.625. The maximum atomic E-state index is 11.1. The van der Waals surface area contributed by atoms with E-state index in [0.717, 1.165) is 0 Å². The molecular weight excluding hydrogens is 188 g/mol. The third-order valence-electron chi connectivity index (χ3n) is 1.56. The molecule has 1 N–H and O–H groups in total. The van der Waals surface area contributed by atoms with Crippen molar-refractivity contribution in [2.45, 2.75) is 19.1 Å². The van der Waals surface area contributed by atoms with Gasteiger partial charge in [0, 0.05) is 0 Å². The minimum atomic E-state index is -1.24. The van der Waals surface area contributed by atoms with E-state index in [1.807, 2.05) is 0 Å². The first-order valence-electron chi connectivity index (χ1n) is 4.17. The van der Waals surface area contributed by atoms with Gasteiger partial charge < -0.3 is 14.8 Å². The summed E-state index contributed by atoms with van der Waals surface area (Å²) < 4.78 is 9.26. The van der Waals surface area contributed by atoms with Crippen LogP contribution in [-0.2, 0) is 19.1 Å². The van der Waals surface area contributed by atoms with E-state index in [9.17, 15) is 9.59 Å². The average Bonchev–Trinajstić information content (AvgIpc) is 2.97. The van der Waals surface area contributed by atoms with Crippen LogP contribution < -0.4 is 5.32 Å². The lowest BCUT2D eigenvalue weighted by Gasteiger charge is -2.08. The normalized spacial score (nSPS) is 20.4. The van der Waals surface area contributed by atoms with Crippen molar-refractivity contribution < 1.29 is 19.1 Å². The number of esters is 1. The number of hydrogen-bond acceptors (Lipinski definition) is 5. The summed E-state index contributed by atoms with van der Waals surface area (Å²) in [7, 11) is 0. The highest BCUT2D eigenvalue weighted by Gasteiger charge is 2.34. The summed E-state index contributed by atoms with van der Waals surface area (Å²) in [6.07, 6.45) is -0.514. The van der Waals surface area contributed by atoms with E-state index >= 15 is 0 Å². The van der Waals surface area contributed by atoms with E-state index in [2.05, 4.69) is 14.8 Å². The standard InChI is InChI=1S/C8H10N2O4/c1-2-13-8(12)5(3-9)10-7(11)6-4-14-6/h5-6H,2,4H2,1H3,(H,10,11)/t5?,6-/m0/s1. The number of amides is 1. The minimum Gasteiger partial charge on any atom is -0.464 e. The second-order valence-corrected chi connectivity index (χ2v) is 2.64. The topological polar surface area (TPSA) is 91.7 Å². The monoisotopic (exact) mass is 198 g/mol. The number of nitriles is 1. The van der Waals surface area contributed by atoms with Gasteiger partial charge in [-0.3, -0.25) is 4.79 Å². The van der Waals surface area contributed by atoms with Crippen LogP contribution in [-0.4, -0.2) is 37.2 Å². The molecule has 0 aromatic rings. The van der Waals surface area contributed by atoms with Crippen molar-refractivity contribution in [1.29, 1.82) is 5.26 Å². The summed E-state index contributed by atoms with van der Waals surface area (Å²) in [5.74, 6) is -1.20. The summed E-state index contributed by atoms with van der Waals surface area (Å²) >= 11 is 0. The fourth-order valence-corrected chi connectivity index (χ4v) is 0.804. The zero-order valence-corrected chi connectivity index (χ0v) is 7.65. The maximum Gasteiger partial charge on any atom is 0.343 e. The molecule has 1 aliphatic rings. The molecule has 1 fully saturated rings. The molecular formula is C8H10N2O4. The summed E-state index contributed by atoms with van der Waals surface area (Å²) in [5, 5.41) is 10.8. The highest BCUT2D eigenvalue weighted by Crippen LogP contribution is 2.08. The molecule has 14 heavy (non-hydrogen) atoms. The quantitative estimate of drug-likeness (QED) is 0.460. The molecule has 76 valence electrons. The Labute approximate surface area is 80.8 Å². The first-order chi connectivity index (χ1) is 6.69. The Hall–Kier alpha value is -1.61. The summed E-state index contributed by atoms with van der Waals surface area (Å²) in [5.41, 5.74) is 0.